The normalized spacial score (nSPS) is 22.5. The van der Waals surface area contributed by atoms with E-state index in [1.54, 1.807) is 24.2 Å². The van der Waals surface area contributed by atoms with Gasteiger partial charge in [0.2, 0.25) is 23.6 Å². The maximum Gasteiger partial charge on any atom is 0.251 e. The number of nitrogens with one attached hydrogen (secondary N) is 3. The third kappa shape index (κ3) is 11.7. The standard InChI is InChI=1S/C61H84FN11O6/c1-37(2)64-57(77)45-32-49(47(62)28-39(45)5)66-56-54-50(63-36-72(54)38(3)4)33-48(65-56)41-13-14-46-51(29-41)73(43-30-42(31-43)69-21-10-9-11-22-69)59(79)61(46)19-26-70(27-20-61)53(76)15-12-40-16-23-68(24-17-40)35-52(75)67-55(60(6,7)8)58(78)71-25-18-44(74)34-71/h13-14,28-29,32-33,36-38,40,42-44,55,74H,9-12,15-27,30-31,34-35H2,1-8H3,(H,64,77)(H,65,66)(H,67,75)/t42?,43?,44-,55-/m1/s1. The summed E-state index contributed by atoms with van der Waals surface area (Å²) >= 11 is 0. The van der Waals surface area contributed by atoms with Crippen LogP contribution in [0.3, 0.4) is 0 Å². The van der Waals surface area contributed by atoms with Crippen LogP contribution in [0.2, 0.25) is 0 Å². The third-order valence-electron chi connectivity index (χ3n) is 18.1. The average Bonchev–Trinajstić information content (AvgIpc) is 3.01. The molecule has 1 saturated carbocycles. The number of carbonyl (C=O) groups excluding carboxylic acids is 5. The van der Waals surface area contributed by atoms with E-state index in [1.165, 1.54) is 25.3 Å². The fourth-order valence-corrected chi connectivity index (χ4v) is 13.4. The number of likely N-dealkylation sites (tertiary alicyclic amines) is 4. The van der Waals surface area contributed by atoms with Crippen LogP contribution < -0.4 is 20.9 Å². The van der Waals surface area contributed by atoms with Crippen molar-refractivity contribution in [2.75, 3.05) is 69.1 Å². The minimum absolute atomic E-state index is 0.0185. The van der Waals surface area contributed by atoms with E-state index in [0.717, 1.165) is 75.1 Å². The summed E-state index contributed by atoms with van der Waals surface area (Å²) in [6.07, 6.45) is 11.3. The number of β-amino-alcohol motifs (C(OH)–C–C–N with tert-alkyl or cyclic N) is 1. The minimum atomic E-state index is -0.764. The van der Waals surface area contributed by atoms with E-state index in [-0.39, 0.29) is 59.9 Å². The molecule has 6 aliphatic rings. The van der Waals surface area contributed by atoms with E-state index < -0.39 is 28.8 Å². The number of pyridine rings is 1. The van der Waals surface area contributed by atoms with Gasteiger partial charge in [-0.15, -0.1) is 0 Å². The molecule has 1 spiro atoms. The van der Waals surface area contributed by atoms with Gasteiger partial charge in [0.05, 0.1) is 41.3 Å². The molecule has 0 unspecified atom stereocenters. The summed E-state index contributed by atoms with van der Waals surface area (Å²) in [6.45, 7) is 21.1. The van der Waals surface area contributed by atoms with Gasteiger partial charge in [0, 0.05) is 73.6 Å². The molecule has 0 bridgehead atoms. The highest BCUT2D eigenvalue weighted by Crippen LogP contribution is 2.52. The van der Waals surface area contributed by atoms with Gasteiger partial charge in [-0.25, -0.2) is 14.4 Å². The summed E-state index contributed by atoms with van der Waals surface area (Å²) < 4.78 is 17.9. The molecule has 0 radical (unpaired) electrons. The zero-order valence-corrected chi connectivity index (χ0v) is 47.9. The van der Waals surface area contributed by atoms with Crippen LogP contribution in [0, 0.1) is 24.1 Å². The van der Waals surface area contributed by atoms with Gasteiger partial charge in [-0.2, -0.15) is 0 Å². The molecule has 2 aromatic carbocycles. The Balaban J connectivity index is 0.830. The number of aliphatic hydroxyl groups excluding tert-OH is 1. The van der Waals surface area contributed by atoms with Gasteiger partial charge in [-0.3, -0.25) is 28.9 Å². The number of rotatable bonds is 15. The molecule has 4 aromatic rings. The van der Waals surface area contributed by atoms with Crippen LogP contribution in [0.1, 0.15) is 153 Å². The number of carbonyl (C=O) groups is 5. The number of anilines is 3. The number of piperidine rings is 3. The van der Waals surface area contributed by atoms with Crippen LogP contribution in [0.15, 0.2) is 42.7 Å². The maximum atomic E-state index is 15.9. The number of aliphatic hydroxyl groups is 1. The molecule has 5 aliphatic heterocycles. The molecule has 18 heteroatoms. The molecule has 1 aliphatic carbocycles. The summed E-state index contributed by atoms with van der Waals surface area (Å²) in [4.78, 5) is 89.8. The van der Waals surface area contributed by atoms with Crippen molar-refractivity contribution in [1.29, 1.82) is 0 Å². The Morgan fingerprint density at radius 2 is 1.58 bits per heavy atom. The van der Waals surface area contributed by atoms with Crippen molar-refractivity contribution in [2.24, 2.45) is 11.3 Å². The molecular formula is C61H84FN11O6. The number of hydrogen-bond acceptors (Lipinski definition) is 11. The number of benzene rings is 2. The van der Waals surface area contributed by atoms with Gasteiger partial charge in [0.25, 0.3) is 5.91 Å². The molecule has 2 aromatic heterocycles. The molecule has 7 heterocycles. The Morgan fingerprint density at radius 3 is 2.24 bits per heavy atom. The van der Waals surface area contributed by atoms with Crippen LogP contribution in [0.4, 0.5) is 21.6 Å². The molecule has 426 valence electrons. The van der Waals surface area contributed by atoms with Crippen LogP contribution in [0.25, 0.3) is 22.3 Å². The molecule has 79 heavy (non-hydrogen) atoms. The van der Waals surface area contributed by atoms with Crippen LogP contribution in [-0.2, 0) is 24.6 Å². The fraction of sp³-hybridized carbons (Fsp3) is 0.623. The van der Waals surface area contributed by atoms with Crippen LogP contribution in [0.5, 0.6) is 0 Å². The Bertz CT molecular complexity index is 2940. The molecule has 10 rings (SSSR count). The van der Waals surface area contributed by atoms with Crippen molar-refractivity contribution in [3.05, 3.63) is 65.2 Å². The predicted molar refractivity (Wildman–Crippen MR) is 305 cm³/mol. The monoisotopic (exact) mass is 1090 g/mol. The lowest BCUT2D eigenvalue weighted by atomic mass is 9.73. The van der Waals surface area contributed by atoms with E-state index in [9.17, 15) is 24.3 Å². The quantitative estimate of drug-likeness (QED) is 0.0908. The number of nitrogens with zero attached hydrogens (tertiary/aromatic N) is 8. The lowest BCUT2D eigenvalue weighted by molar-refractivity contribution is -0.139. The second kappa shape index (κ2) is 22.9. The van der Waals surface area contributed by atoms with Crippen molar-refractivity contribution >= 4 is 57.8 Å². The Labute approximate surface area is 465 Å². The van der Waals surface area contributed by atoms with Crippen molar-refractivity contribution in [2.45, 2.75) is 174 Å². The molecule has 4 saturated heterocycles. The highest BCUT2D eigenvalue weighted by molar-refractivity contribution is 6.09. The number of halogens is 1. The van der Waals surface area contributed by atoms with E-state index in [1.807, 2.05) is 56.2 Å². The molecule has 2 atom stereocenters. The van der Waals surface area contributed by atoms with E-state index >= 15 is 9.18 Å². The summed E-state index contributed by atoms with van der Waals surface area (Å²) in [5.41, 5.74) is 4.43. The first-order valence-corrected chi connectivity index (χ1v) is 29.4. The number of aromatic nitrogens is 3. The zero-order chi connectivity index (χ0) is 56.1. The van der Waals surface area contributed by atoms with Gasteiger partial charge in [0.15, 0.2) is 5.82 Å². The largest absolute Gasteiger partial charge is 0.391 e. The number of hydrogen-bond donors (Lipinski definition) is 4. The van der Waals surface area contributed by atoms with Crippen molar-refractivity contribution < 1.29 is 33.5 Å². The first-order valence-electron chi connectivity index (χ1n) is 29.4. The number of aryl methyl sites for hydroxylation is 1. The third-order valence-corrected chi connectivity index (χ3v) is 18.1. The second-order valence-corrected chi connectivity index (χ2v) is 25.5. The summed E-state index contributed by atoms with van der Waals surface area (Å²) in [5.74, 6) is -0.135. The first-order chi connectivity index (χ1) is 37.7. The van der Waals surface area contributed by atoms with Gasteiger partial charge in [-0.05, 0) is 172 Å². The Morgan fingerprint density at radius 1 is 0.861 bits per heavy atom. The van der Waals surface area contributed by atoms with E-state index in [0.29, 0.717) is 97.5 Å². The predicted octanol–water partition coefficient (Wildman–Crippen LogP) is 7.85. The topological polar surface area (TPSA) is 189 Å². The first kappa shape index (κ1) is 56.3. The van der Waals surface area contributed by atoms with Gasteiger partial charge in [0.1, 0.15) is 17.4 Å². The van der Waals surface area contributed by atoms with Crippen molar-refractivity contribution in [1.82, 2.24) is 44.8 Å². The van der Waals surface area contributed by atoms with Crippen molar-refractivity contribution in [3.8, 4) is 11.3 Å². The molecule has 4 N–H and O–H groups in total. The van der Waals surface area contributed by atoms with Gasteiger partial charge < -0.3 is 45.2 Å². The summed E-state index contributed by atoms with van der Waals surface area (Å²) in [7, 11) is 0. The lowest BCUT2D eigenvalue weighted by Gasteiger charge is -2.48. The number of fused-ring (bicyclic) bond motifs is 3. The highest BCUT2D eigenvalue weighted by Gasteiger charge is 2.56. The van der Waals surface area contributed by atoms with Gasteiger partial charge >= 0.3 is 0 Å². The zero-order valence-electron chi connectivity index (χ0n) is 47.9. The smallest absolute Gasteiger partial charge is 0.251 e. The summed E-state index contributed by atoms with van der Waals surface area (Å²) in [5, 5.41) is 19.3. The lowest BCUT2D eigenvalue weighted by Crippen LogP contribution is -2.58. The Kier molecular flexibility index (Phi) is 16.3. The van der Waals surface area contributed by atoms with E-state index in [4.69, 9.17) is 9.97 Å². The molecular weight excluding hydrogens is 1000 g/mol. The summed E-state index contributed by atoms with van der Waals surface area (Å²) in [6, 6.07) is 10.8. The Hall–Kier alpha value is -5.98. The van der Waals surface area contributed by atoms with Crippen LogP contribution in [-0.4, -0.2) is 158 Å². The molecule has 5 fully saturated rings. The van der Waals surface area contributed by atoms with Crippen molar-refractivity contribution in [3.63, 3.8) is 0 Å². The second-order valence-electron chi connectivity index (χ2n) is 25.5. The molecule has 5 amide bonds. The number of amides is 5. The molecule has 17 nitrogen and oxygen atoms in total. The van der Waals surface area contributed by atoms with E-state index in [2.05, 4.69) is 56.6 Å². The SMILES string of the molecule is Cc1cc(F)c(Nc2nc(-c3ccc4c(c3)N(C3CC(N5CCCCC5)C3)C(=O)C43CCN(C(=O)CCC4CCN(CC(=O)N[C@H](C(=O)N5CC[C@@H](O)C5)C(C)(C)C)CC4)CC3)cc3ncn(C(C)C)c23)cc1C(=O)NC(C)C. The maximum absolute atomic E-state index is 15.9. The van der Waals surface area contributed by atoms with Crippen LogP contribution >= 0.6 is 0 Å². The highest BCUT2D eigenvalue weighted by atomic mass is 19.1. The minimum Gasteiger partial charge on any atom is -0.391 e. The van der Waals surface area contributed by atoms with Gasteiger partial charge in [-0.1, -0.05) is 39.3 Å². The average molecular weight is 1090 g/mol. The fourth-order valence-electron chi connectivity index (χ4n) is 13.4. The number of imidazole rings is 1.